The van der Waals surface area contributed by atoms with E-state index in [2.05, 4.69) is 47.5 Å². The summed E-state index contributed by atoms with van der Waals surface area (Å²) >= 11 is 15.1. The number of nitrogens with one attached hydrogen (secondary N) is 7. The molecule has 42 heteroatoms. The van der Waals surface area contributed by atoms with Crippen LogP contribution in [-0.4, -0.2) is 200 Å². The average molecular weight is 1640 g/mol. The molecule has 597 valence electrons. The largest absolute Gasteiger partial charge is 0.508 e. The van der Waals surface area contributed by atoms with Crippen molar-refractivity contribution in [3.05, 3.63) is 117 Å². The summed E-state index contributed by atoms with van der Waals surface area (Å²) in [6.07, 6.45) is -17.8. The van der Waals surface area contributed by atoms with Gasteiger partial charge in [0.15, 0.2) is 29.9 Å². The zero-order valence-corrected chi connectivity index (χ0v) is 63.5. The van der Waals surface area contributed by atoms with E-state index in [0.717, 1.165) is 52.8 Å². The summed E-state index contributed by atoms with van der Waals surface area (Å²) in [4.78, 5) is 111. The van der Waals surface area contributed by atoms with Crippen LogP contribution in [0.4, 0.5) is 5.95 Å². The van der Waals surface area contributed by atoms with Crippen LogP contribution in [-0.2, 0) is 71.1 Å². The fourth-order valence-electron chi connectivity index (χ4n) is 12.9. The molecule has 0 spiro atoms. The van der Waals surface area contributed by atoms with Crippen molar-refractivity contribution in [2.75, 3.05) is 24.1 Å². The molecular formula is C69H83Cl2N15O23SV. The van der Waals surface area contributed by atoms with E-state index in [-0.39, 0.29) is 104 Å². The van der Waals surface area contributed by atoms with Gasteiger partial charge in [-0.2, -0.15) is 0 Å². The van der Waals surface area contributed by atoms with Crippen LogP contribution in [0.1, 0.15) is 112 Å². The number of thioether (sulfide) groups is 1. The van der Waals surface area contributed by atoms with Gasteiger partial charge in [0.05, 0.1) is 46.7 Å². The number of aliphatic hydroxyl groups excluding tert-OH is 5. The van der Waals surface area contributed by atoms with Crippen molar-refractivity contribution in [1.29, 1.82) is 0 Å². The Bertz CT molecular complexity index is 4530. The number of aromatic nitrogens is 3. The predicted molar refractivity (Wildman–Crippen MR) is 388 cm³/mol. The molecule has 5 aromatic carbocycles. The SMILES string of the molecule is CN[C@@H](CC(C)C)C(=O)N[C@@H](C(=O)N[C@@H](CC(N)=O)C(N)=O)[C@H](O)c1ccc(Oc2cc3cc(c2OC2OC(CSc4nnc(NN)n4N)C(O)C(O)C2OC2CC(C)(N)C(O)C(C)O2)Oc2ccc(cc2Cl)[C@@H](O)C2NC(=O)[C@H](NC(=O)[C@@H]3C)c3ccc(O)c(c3)-c3c(O)cc(O)cc3[C@H](C(=O)O)NC2=O)c(Cl)c1.[V]. The maximum absolute atomic E-state index is 15.4. The molecule has 6 heterocycles. The van der Waals surface area contributed by atoms with Crippen LogP contribution in [0.3, 0.4) is 0 Å². The Morgan fingerprint density at radius 3 is 2.14 bits per heavy atom. The number of primary amides is 2. The number of carboxylic acids is 1. The molecule has 6 aromatic rings. The van der Waals surface area contributed by atoms with Gasteiger partial charge in [0.2, 0.25) is 58.5 Å². The number of carbonyl (C=O) groups is 8. The molecule has 18 atom stereocenters. The first-order chi connectivity index (χ1) is 51.9. The molecule has 2 fully saturated rings. The average Bonchev–Trinajstić information content (AvgIpc) is 1.01. The van der Waals surface area contributed by atoms with Gasteiger partial charge in [-0.25, -0.2) is 15.3 Å². The van der Waals surface area contributed by atoms with Gasteiger partial charge in [0.1, 0.15) is 77.3 Å². The van der Waals surface area contributed by atoms with Gasteiger partial charge < -0.3 is 129 Å². The van der Waals surface area contributed by atoms with E-state index in [1.165, 1.54) is 70.3 Å². The van der Waals surface area contributed by atoms with Gasteiger partial charge in [0, 0.05) is 59.0 Å². The van der Waals surface area contributed by atoms with Crippen LogP contribution in [0, 0.1) is 5.92 Å². The molecule has 7 amide bonds. The van der Waals surface area contributed by atoms with E-state index in [1.54, 1.807) is 0 Å². The van der Waals surface area contributed by atoms with E-state index in [1.807, 2.05) is 13.8 Å². The number of ether oxygens (including phenoxy) is 6. The van der Waals surface area contributed by atoms with Crippen molar-refractivity contribution in [3.8, 4) is 57.1 Å². The van der Waals surface area contributed by atoms with Gasteiger partial charge in [-0.3, -0.25) is 39.0 Å². The number of aromatic hydroxyl groups is 3. The fraction of sp³-hybridized carbons (Fsp3) is 0.420. The number of likely N-dealkylation sites (N-methyl/N-ethyl adjacent to an activating group) is 1. The second-order valence-corrected chi connectivity index (χ2v) is 29.1. The zero-order valence-electron chi connectivity index (χ0n) is 59.8. The van der Waals surface area contributed by atoms with Crippen LogP contribution >= 0.6 is 35.0 Å². The normalized spacial score (nSPS) is 25.6. The number of anilines is 1. The van der Waals surface area contributed by atoms with Crippen molar-refractivity contribution in [1.82, 2.24) is 46.8 Å². The molecule has 38 nitrogen and oxygen atoms in total. The third kappa shape index (κ3) is 19.0. The minimum Gasteiger partial charge on any atom is -0.508 e. The van der Waals surface area contributed by atoms with E-state index in [4.69, 9.17) is 80.5 Å². The van der Waals surface area contributed by atoms with Crippen molar-refractivity contribution in [2.24, 2.45) is 29.0 Å². The summed E-state index contributed by atoms with van der Waals surface area (Å²) in [7, 11) is 1.49. The first kappa shape index (κ1) is 85.5. The molecule has 11 rings (SSSR count). The number of phenolic OH excluding ortho intramolecular Hbond substituents is 3. The van der Waals surface area contributed by atoms with E-state index in [0.29, 0.717) is 0 Å². The topological polar surface area (TPSA) is 619 Å². The quantitative estimate of drug-likeness (QED) is 0.0226. The summed E-state index contributed by atoms with van der Waals surface area (Å²) in [5.74, 6) is -4.15. The van der Waals surface area contributed by atoms with Gasteiger partial charge in [0.25, 0.3) is 5.95 Å². The van der Waals surface area contributed by atoms with Crippen molar-refractivity contribution in [3.63, 3.8) is 0 Å². The number of nitrogen functional groups attached to an aromatic ring is 2. The predicted octanol–water partition coefficient (Wildman–Crippen LogP) is -0.0875. The number of carboxylic acid groups (broad SMARTS) is 1. The number of hydrazine groups is 1. The molecule has 8 bridgehead atoms. The second-order valence-electron chi connectivity index (χ2n) is 27.3. The summed E-state index contributed by atoms with van der Waals surface area (Å²) in [5, 5.41) is 127. The first-order valence-corrected chi connectivity index (χ1v) is 35.8. The van der Waals surface area contributed by atoms with Crippen LogP contribution in [0.5, 0.6) is 46.0 Å². The molecule has 1 radical (unpaired) electrons. The number of carbonyl (C=O) groups excluding carboxylic acids is 7. The number of aliphatic hydroxyl groups is 5. The number of aliphatic carboxylic acids is 1. The Kier molecular flexibility index (Phi) is 27.3. The Morgan fingerprint density at radius 1 is 0.802 bits per heavy atom. The molecule has 0 saturated carbocycles. The standard InChI is InChI=1S/C69H83Cl2N15O23S.V/c1-24(2)13-37(77-6)61(98)81-50(63(100)78-36(59(73)96)21-45(72)90)52(91)28-8-11-40(34(70)15-28)105-42-17-30-18-43(56(42)109-66-57(108-46-22-69(5,74)58(95)26(4)104-46)55(94)54(93)44(107-66)23-110-68-85-84-67(83-75)86(68)76)106-41-12-9-29(16-35(41)71)53(92)51-64(101)80-49(65(102)103)33-19-31(87)20-39(89)47(33)32-14-27(7-10-38(32)88)48(62(99)82-51)79-60(97)25(30)3;/h7-12,14-20,24-26,36-37,44,46,48-55,57-58,66,77,87-89,91-95H,13,21-23,74-76H2,1-6H3,(H2,72,90)(H2,73,96)(H,78,100)(H,79,97)(H,80,101)(H,81,98)(H,82,99)(H,83,84)(H,102,103);/t25-,26?,36+,37+,44?,46?,48-,49-,50-,51?,52-,53-,54?,55?,57?,58?,66?,69?;/m1./s1. The number of nitrogens with zero attached hydrogens (tertiary/aromatic N) is 3. The maximum atomic E-state index is 15.4. The second kappa shape index (κ2) is 35.4. The summed E-state index contributed by atoms with van der Waals surface area (Å²) in [5.41, 5.74) is 16.3. The summed E-state index contributed by atoms with van der Waals surface area (Å²) in [6.45, 7) is 8.04. The third-order valence-corrected chi connectivity index (χ3v) is 20.4. The molecule has 111 heavy (non-hydrogen) atoms. The number of hydrogen-bond acceptors (Lipinski definition) is 30. The number of rotatable bonds is 23. The Hall–Kier alpha value is -9.53. The third-order valence-electron chi connectivity index (χ3n) is 18.8. The number of benzene rings is 5. The Morgan fingerprint density at radius 2 is 1.51 bits per heavy atom. The Balaban J connectivity index is 0.0000142. The van der Waals surface area contributed by atoms with Crippen LogP contribution in [0.2, 0.25) is 10.0 Å². The molecule has 0 aliphatic carbocycles. The number of hydrogen-bond donors (Lipinski definition) is 21. The molecule has 5 aliphatic heterocycles. The van der Waals surface area contributed by atoms with Crippen LogP contribution in [0.25, 0.3) is 11.1 Å². The van der Waals surface area contributed by atoms with Crippen molar-refractivity contribution in [2.45, 2.75) is 168 Å². The van der Waals surface area contributed by atoms with E-state index < -0.39 is 208 Å². The minimum atomic E-state index is -2.19. The Labute approximate surface area is 657 Å². The number of nitrogens with two attached hydrogens (primary N) is 5. The van der Waals surface area contributed by atoms with Crippen LogP contribution < -0.4 is 80.4 Å². The van der Waals surface area contributed by atoms with Crippen molar-refractivity contribution >= 4 is 88.2 Å². The van der Waals surface area contributed by atoms with E-state index in [9.17, 15) is 74.7 Å². The van der Waals surface area contributed by atoms with Gasteiger partial charge in [-0.05, 0) is 117 Å². The van der Waals surface area contributed by atoms with Crippen molar-refractivity contribution < 1.29 is 131 Å². The molecule has 26 N–H and O–H groups in total. The van der Waals surface area contributed by atoms with E-state index >= 15 is 9.59 Å². The monoisotopic (exact) mass is 1640 g/mol. The van der Waals surface area contributed by atoms with Gasteiger partial charge in [-0.1, -0.05) is 67.0 Å². The van der Waals surface area contributed by atoms with Gasteiger partial charge >= 0.3 is 5.97 Å². The summed E-state index contributed by atoms with van der Waals surface area (Å²) in [6, 6.07) is 3.58. The molecule has 10 unspecified atom stereocenters. The molecule has 2 saturated heterocycles. The maximum Gasteiger partial charge on any atom is 0.330 e. The summed E-state index contributed by atoms with van der Waals surface area (Å²) < 4.78 is 40.4. The molecule has 5 aliphatic rings. The zero-order chi connectivity index (χ0) is 80.4. The fourth-order valence-corrected chi connectivity index (χ4v) is 14.2. The number of fused-ring (bicyclic) bond motifs is 8. The molecular weight excluding hydrogens is 1560 g/mol. The number of phenols is 3. The number of halogens is 2. The number of amides is 7. The van der Waals surface area contributed by atoms with Crippen LogP contribution in [0.15, 0.2) is 84.0 Å². The first-order valence-electron chi connectivity index (χ1n) is 34.0. The molecule has 1 aromatic heterocycles. The minimum absolute atomic E-state index is 0. The van der Waals surface area contributed by atoms with Gasteiger partial charge in [-0.15, -0.1) is 10.2 Å². The smallest absolute Gasteiger partial charge is 0.330 e.